The number of amides is 1. The number of carbonyl (C=O) groups is 1. The summed E-state index contributed by atoms with van der Waals surface area (Å²) in [6, 6.07) is 14.2. The highest BCUT2D eigenvalue weighted by Gasteiger charge is 2.16. The average molecular weight is 374 g/mol. The van der Waals surface area contributed by atoms with Gasteiger partial charge in [-0.05, 0) is 36.4 Å². The second-order valence-corrected chi connectivity index (χ2v) is 5.58. The lowest BCUT2D eigenvalue weighted by Crippen LogP contribution is -2.28. The minimum Gasteiger partial charge on any atom is -0.497 e. The summed E-state index contributed by atoms with van der Waals surface area (Å²) in [5.74, 6) is 1.00. The van der Waals surface area contributed by atoms with Gasteiger partial charge in [-0.25, -0.2) is 0 Å². The number of halogens is 1. The summed E-state index contributed by atoms with van der Waals surface area (Å²) in [6.45, 7) is 0.582. The van der Waals surface area contributed by atoms with E-state index in [0.29, 0.717) is 22.9 Å². The lowest BCUT2D eigenvalue weighted by atomic mass is 10.2. The Balaban J connectivity index is 1.50. The second kappa shape index (κ2) is 8.35. The summed E-state index contributed by atoms with van der Waals surface area (Å²) in [7, 11) is 1.60. The van der Waals surface area contributed by atoms with Crippen molar-refractivity contribution >= 4 is 17.5 Å². The van der Waals surface area contributed by atoms with E-state index in [9.17, 15) is 4.79 Å². The van der Waals surface area contributed by atoms with Crippen molar-refractivity contribution in [3.8, 4) is 23.0 Å². The van der Waals surface area contributed by atoms with Crippen LogP contribution in [0.15, 0.2) is 52.9 Å². The predicted octanol–water partition coefficient (Wildman–Crippen LogP) is 3.21. The van der Waals surface area contributed by atoms with E-state index in [4.69, 9.17) is 25.5 Å². The average Bonchev–Trinajstić information content (AvgIpc) is 3.16. The first kappa shape index (κ1) is 17.8. The Hall–Kier alpha value is -3.06. The van der Waals surface area contributed by atoms with E-state index in [0.717, 1.165) is 5.75 Å². The van der Waals surface area contributed by atoms with Crippen molar-refractivity contribution in [2.75, 3.05) is 20.3 Å². The molecule has 0 saturated carbocycles. The highest BCUT2D eigenvalue weighted by molar-refractivity contribution is 6.33. The Morgan fingerprint density at radius 3 is 2.58 bits per heavy atom. The topological polar surface area (TPSA) is 86.5 Å². The van der Waals surface area contributed by atoms with Crippen molar-refractivity contribution in [1.29, 1.82) is 0 Å². The molecule has 8 heteroatoms. The summed E-state index contributed by atoms with van der Waals surface area (Å²) < 4.78 is 16.0. The first-order valence-electron chi connectivity index (χ1n) is 7.81. The maximum Gasteiger partial charge on any atom is 0.308 e. The smallest absolute Gasteiger partial charge is 0.308 e. The number of aromatic nitrogens is 2. The van der Waals surface area contributed by atoms with Crippen LogP contribution < -0.4 is 14.8 Å². The molecule has 1 N–H and O–H groups in total. The number of hydrogen-bond donors (Lipinski definition) is 1. The Labute approximate surface area is 154 Å². The molecule has 134 valence electrons. The minimum atomic E-state index is -0.478. The summed E-state index contributed by atoms with van der Waals surface area (Å²) in [5.41, 5.74) is 0.573. The zero-order chi connectivity index (χ0) is 18.4. The molecule has 0 saturated heterocycles. The van der Waals surface area contributed by atoms with Crippen LogP contribution in [0.3, 0.4) is 0 Å². The normalized spacial score (nSPS) is 10.4. The van der Waals surface area contributed by atoms with Crippen LogP contribution in [-0.2, 0) is 0 Å². The van der Waals surface area contributed by atoms with Crippen molar-refractivity contribution < 1.29 is 18.7 Å². The first-order valence-corrected chi connectivity index (χ1v) is 8.18. The number of rotatable bonds is 7. The van der Waals surface area contributed by atoms with Gasteiger partial charge < -0.3 is 19.2 Å². The molecule has 3 aromatic rings. The third-order valence-corrected chi connectivity index (χ3v) is 3.77. The highest BCUT2D eigenvalue weighted by Crippen LogP contribution is 2.26. The summed E-state index contributed by atoms with van der Waals surface area (Å²) >= 11 is 6.07. The van der Waals surface area contributed by atoms with Crippen molar-refractivity contribution in [2.24, 2.45) is 0 Å². The first-order chi connectivity index (χ1) is 12.7. The molecule has 26 heavy (non-hydrogen) atoms. The van der Waals surface area contributed by atoms with Crippen molar-refractivity contribution in [3.05, 3.63) is 59.4 Å². The van der Waals surface area contributed by atoms with Gasteiger partial charge in [0.2, 0.25) is 5.89 Å². The number of nitrogens with zero attached hydrogens (tertiary/aromatic N) is 2. The Bertz CT molecular complexity index is 880. The number of ether oxygens (including phenoxy) is 2. The van der Waals surface area contributed by atoms with Crippen LogP contribution in [0.1, 0.15) is 10.7 Å². The van der Waals surface area contributed by atoms with Gasteiger partial charge in [-0.15, -0.1) is 10.2 Å². The van der Waals surface area contributed by atoms with Gasteiger partial charge in [-0.2, -0.15) is 0 Å². The van der Waals surface area contributed by atoms with E-state index < -0.39 is 5.91 Å². The van der Waals surface area contributed by atoms with E-state index in [1.54, 1.807) is 55.6 Å². The Morgan fingerprint density at radius 2 is 1.85 bits per heavy atom. The molecule has 1 amide bonds. The van der Waals surface area contributed by atoms with E-state index in [1.165, 1.54) is 0 Å². The van der Waals surface area contributed by atoms with Crippen LogP contribution in [-0.4, -0.2) is 36.4 Å². The molecule has 0 fully saturated rings. The molecule has 0 bridgehead atoms. The maximum absolute atomic E-state index is 12.1. The van der Waals surface area contributed by atoms with Gasteiger partial charge >= 0.3 is 11.8 Å². The monoisotopic (exact) mass is 373 g/mol. The molecule has 0 spiro atoms. The summed E-state index contributed by atoms with van der Waals surface area (Å²) in [6.07, 6.45) is 0. The van der Waals surface area contributed by atoms with E-state index in [2.05, 4.69) is 15.5 Å². The maximum atomic E-state index is 12.1. The molecule has 0 aliphatic heterocycles. The van der Waals surface area contributed by atoms with E-state index in [-0.39, 0.29) is 18.3 Å². The molecular weight excluding hydrogens is 358 g/mol. The van der Waals surface area contributed by atoms with Gasteiger partial charge in [0.1, 0.15) is 18.1 Å². The quantitative estimate of drug-likeness (QED) is 0.640. The number of methoxy groups -OCH3 is 1. The van der Waals surface area contributed by atoms with Crippen LogP contribution in [0.5, 0.6) is 11.5 Å². The summed E-state index contributed by atoms with van der Waals surface area (Å²) in [4.78, 5) is 12.1. The Morgan fingerprint density at radius 1 is 1.12 bits per heavy atom. The molecular formula is C18H16ClN3O4. The Kier molecular flexibility index (Phi) is 5.70. The molecule has 3 rings (SSSR count). The van der Waals surface area contributed by atoms with Gasteiger partial charge in [0, 0.05) is 0 Å². The van der Waals surface area contributed by atoms with Crippen LogP contribution in [0.2, 0.25) is 5.02 Å². The largest absolute Gasteiger partial charge is 0.497 e. The van der Waals surface area contributed by atoms with Gasteiger partial charge in [-0.3, -0.25) is 4.79 Å². The predicted molar refractivity (Wildman–Crippen MR) is 95.6 cm³/mol. The molecule has 0 aliphatic rings. The standard InChI is InChI=1S/C18H16ClN3O4/c1-24-12-6-8-13(9-7-12)25-11-10-20-16(23)18-22-21-17(26-18)14-4-2-3-5-15(14)19/h2-9H,10-11H2,1H3,(H,20,23). The third kappa shape index (κ3) is 4.31. The zero-order valence-corrected chi connectivity index (χ0v) is 14.7. The fourth-order valence-corrected chi connectivity index (χ4v) is 2.36. The molecule has 0 aliphatic carbocycles. The van der Waals surface area contributed by atoms with Crippen molar-refractivity contribution in [1.82, 2.24) is 15.5 Å². The zero-order valence-electron chi connectivity index (χ0n) is 13.9. The van der Waals surface area contributed by atoms with Gasteiger partial charge in [0.15, 0.2) is 0 Å². The SMILES string of the molecule is COc1ccc(OCCNC(=O)c2nnc(-c3ccccc3Cl)o2)cc1. The minimum absolute atomic E-state index is 0.135. The molecule has 0 radical (unpaired) electrons. The van der Waals surface area contributed by atoms with Crippen molar-refractivity contribution in [3.63, 3.8) is 0 Å². The van der Waals surface area contributed by atoms with Crippen LogP contribution in [0, 0.1) is 0 Å². The highest BCUT2D eigenvalue weighted by atomic mass is 35.5. The third-order valence-electron chi connectivity index (χ3n) is 3.44. The lowest BCUT2D eigenvalue weighted by Gasteiger charge is -2.07. The summed E-state index contributed by atoms with van der Waals surface area (Å²) in [5, 5.41) is 10.7. The number of nitrogens with one attached hydrogen (secondary N) is 1. The molecule has 0 unspecified atom stereocenters. The van der Waals surface area contributed by atoms with E-state index in [1.807, 2.05) is 0 Å². The second-order valence-electron chi connectivity index (χ2n) is 5.17. The van der Waals surface area contributed by atoms with E-state index >= 15 is 0 Å². The van der Waals surface area contributed by atoms with Crippen LogP contribution in [0.25, 0.3) is 11.5 Å². The molecule has 7 nitrogen and oxygen atoms in total. The lowest BCUT2D eigenvalue weighted by molar-refractivity contribution is 0.0913. The van der Waals surface area contributed by atoms with Gasteiger partial charge in [-0.1, -0.05) is 23.7 Å². The van der Waals surface area contributed by atoms with Crippen molar-refractivity contribution in [2.45, 2.75) is 0 Å². The molecule has 1 heterocycles. The number of carbonyl (C=O) groups excluding carboxylic acids is 1. The van der Waals surface area contributed by atoms with Crippen LogP contribution in [0.4, 0.5) is 0 Å². The van der Waals surface area contributed by atoms with Gasteiger partial charge in [0.05, 0.1) is 24.2 Å². The molecule has 1 aromatic heterocycles. The van der Waals surface area contributed by atoms with Gasteiger partial charge in [0.25, 0.3) is 0 Å². The molecule has 2 aromatic carbocycles. The number of hydrogen-bond acceptors (Lipinski definition) is 6. The fourth-order valence-electron chi connectivity index (χ4n) is 2.14. The number of benzene rings is 2. The van der Waals surface area contributed by atoms with Crippen LogP contribution >= 0.6 is 11.6 Å². The fraction of sp³-hybridized carbons (Fsp3) is 0.167. The molecule has 0 atom stereocenters.